The number of fused-ring (bicyclic) bond motifs is 1. The Bertz CT molecular complexity index is 991. The van der Waals surface area contributed by atoms with E-state index in [1.807, 2.05) is 25.1 Å². The van der Waals surface area contributed by atoms with Gasteiger partial charge in [0.1, 0.15) is 5.65 Å². The molecular formula is C24H33N3O. The highest BCUT2D eigenvalue weighted by atomic mass is 16.1. The van der Waals surface area contributed by atoms with E-state index in [4.69, 9.17) is 0 Å². The molecule has 4 nitrogen and oxygen atoms in total. The molecule has 3 rings (SSSR count). The number of hydrogen-bond acceptors (Lipinski definition) is 2. The van der Waals surface area contributed by atoms with Crippen molar-refractivity contribution in [3.63, 3.8) is 0 Å². The highest BCUT2D eigenvalue weighted by molar-refractivity contribution is 5.81. The van der Waals surface area contributed by atoms with Gasteiger partial charge in [0.05, 0.1) is 11.7 Å². The van der Waals surface area contributed by atoms with E-state index in [-0.39, 0.29) is 5.56 Å². The third-order valence-corrected chi connectivity index (χ3v) is 5.61. The van der Waals surface area contributed by atoms with Crippen molar-refractivity contribution in [1.29, 1.82) is 0 Å². The van der Waals surface area contributed by atoms with Crippen LogP contribution >= 0.6 is 0 Å². The van der Waals surface area contributed by atoms with Gasteiger partial charge in [-0.05, 0) is 43.2 Å². The topological polar surface area (TPSA) is 39.8 Å². The summed E-state index contributed by atoms with van der Waals surface area (Å²) in [5.41, 5.74) is 4.65. The average Bonchev–Trinajstić information content (AvgIpc) is 2.88. The summed E-state index contributed by atoms with van der Waals surface area (Å²) in [7, 11) is 0. The molecule has 0 spiro atoms. The lowest BCUT2D eigenvalue weighted by Crippen LogP contribution is -2.21. The van der Waals surface area contributed by atoms with Crippen molar-refractivity contribution in [1.82, 2.24) is 14.1 Å². The third kappa shape index (κ3) is 4.54. The first-order valence-corrected chi connectivity index (χ1v) is 10.4. The number of unbranched alkanes of at least 4 members (excludes halogenated alkanes) is 2. The average molecular weight is 380 g/mol. The predicted octanol–water partition coefficient (Wildman–Crippen LogP) is 5.47. The maximum atomic E-state index is 13.1. The van der Waals surface area contributed by atoms with E-state index >= 15 is 0 Å². The van der Waals surface area contributed by atoms with E-state index in [0.29, 0.717) is 5.41 Å². The van der Waals surface area contributed by atoms with Gasteiger partial charge in [-0.2, -0.15) is 0 Å². The fraction of sp³-hybridized carbons (Fsp3) is 0.500. The van der Waals surface area contributed by atoms with E-state index in [0.717, 1.165) is 48.2 Å². The van der Waals surface area contributed by atoms with Crippen molar-refractivity contribution in [3.8, 4) is 0 Å². The summed E-state index contributed by atoms with van der Waals surface area (Å²) in [5.74, 6) is 0. The summed E-state index contributed by atoms with van der Waals surface area (Å²) in [6, 6.07) is 10.3. The Morgan fingerprint density at radius 3 is 2.39 bits per heavy atom. The molecule has 3 aromatic rings. The van der Waals surface area contributed by atoms with Crippen molar-refractivity contribution in [2.45, 2.75) is 73.4 Å². The molecular weight excluding hydrogens is 346 g/mol. The van der Waals surface area contributed by atoms with E-state index in [1.54, 1.807) is 10.9 Å². The van der Waals surface area contributed by atoms with Gasteiger partial charge in [0.25, 0.3) is 5.56 Å². The van der Waals surface area contributed by atoms with Gasteiger partial charge in [-0.1, -0.05) is 63.9 Å². The molecule has 0 N–H and O–H groups in total. The number of benzene rings is 1. The van der Waals surface area contributed by atoms with Crippen molar-refractivity contribution >= 4 is 11.0 Å². The minimum atomic E-state index is 0.0910. The lowest BCUT2D eigenvalue weighted by molar-refractivity contribution is 0.355. The Balaban J connectivity index is 1.80. The van der Waals surface area contributed by atoms with Crippen LogP contribution in [0, 0.1) is 19.3 Å². The number of rotatable bonds is 7. The highest BCUT2D eigenvalue weighted by Crippen LogP contribution is 2.23. The zero-order valence-corrected chi connectivity index (χ0v) is 18.0. The molecule has 28 heavy (non-hydrogen) atoms. The molecule has 0 unspecified atom stereocenters. The summed E-state index contributed by atoms with van der Waals surface area (Å²) >= 11 is 0. The number of hydrogen-bond donors (Lipinski definition) is 0. The maximum Gasteiger partial charge on any atom is 0.263 e. The molecule has 0 fully saturated rings. The Morgan fingerprint density at radius 2 is 1.71 bits per heavy atom. The Morgan fingerprint density at radius 1 is 1.00 bits per heavy atom. The van der Waals surface area contributed by atoms with E-state index in [2.05, 4.69) is 49.4 Å². The molecule has 0 radical (unpaired) electrons. The predicted molar refractivity (Wildman–Crippen MR) is 117 cm³/mol. The van der Waals surface area contributed by atoms with Crippen LogP contribution in [0.3, 0.4) is 0 Å². The first-order chi connectivity index (χ1) is 13.3. The first-order valence-electron chi connectivity index (χ1n) is 10.4. The molecule has 2 heterocycles. The number of aryl methyl sites for hydroxylation is 2. The summed E-state index contributed by atoms with van der Waals surface area (Å²) in [6.45, 7) is 12.4. The van der Waals surface area contributed by atoms with Crippen molar-refractivity contribution < 1.29 is 0 Å². The lowest BCUT2D eigenvalue weighted by Gasteiger charge is -2.17. The Labute approximate surface area is 168 Å². The minimum absolute atomic E-state index is 0.0910. The van der Waals surface area contributed by atoms with Crippen LogP contribution in [-0.2, 0) is 13.1 Å². The standard InChI is InChI=1S/C24H33N3O/c1-18-19(2)27(16-20-12-8-6-9-13-20)22-21(18)23(28)26(17-25-22)15-11-7-10-14-24(3,4)5/h6,8-9,12-13,17H,7,10-11,14-16H2,1-5H3. The second-order valence-corrected chi connectivity index (χ2v) is 9.10. The van der Waals surface area contributed by atoms with Crippen LogP contribution in [-0.4, -0.2) is 14.1 Å². The van der Waals surface area contributed by atoms with Crippen LogP contribution in [0.25, 0.3) is 11.0 Å². The van der Waals surface area contributed by atoms with E-state index < -0.39 is 0 Å². The van der Waals surface area contributed by atoms with Gasteiger partial charge in [-0.3, -0.25) is 9.36 Å². The normalized spacial score (nSPS) is 12.0. The lowest BCUT2D eigenvalue weighted by atomic mass is 9.89. The van der Waals surface area contributed by atoms with Crippen LogP contribution < -0.4 is 5.56 Å². The molecule has 0 aliphatic heterocycles. The highest BCUT2D eigenvalue weighted by Gasteiger charge is 2.17. The van der Waals surface area contributed by atoms with Gasteiger partial charge in [0, 0.05) is 18.8 Å². The molecule has 0 aliphatic rings. The molecule has 0 saturated carbocycles. The van der Waals surface area contributed by atoms with Crippen LogP contribution in [0.15, 0.2) is 41.5 Å². The molecule has 0 atom stereocenters. The molecule has 150 valence electrons. The van der Waals surface area contributed by atoms with Gasteiger partial charge < -0.3 is 4.57 Å². The van der Waals surface area contributed by atoms with Gasteiger partial charge >= 0.3 is 0 Å². The van der Waals surface area contributed by atoms with Gasteiger partial charge in [-0.25, -0.2) is 4.98 Å². The zero-order valence-electron chi connectivity index (χ0n) is 18.0. The smallest absolute Gasteiger partial charge is 0.263 e. The summed E-state index contributed by atoms with van der Waals surface area (Å²) in [4.78, 5) is 17.8. The van der Waals surface area contributed by atoms with Crippen LogP contribution in [0.2, 0.25) is 0 Å². The van der Waals surface area contributed by atoms with Gasteiger partial charge in [0.15, 0.2) is 0 Å². The summed E-state index contributed by atoms with van der Waals surface area (Å²) < 4.78 is 3.95. The monoisotopic (exact) mass is 379 g/mol. The minimum Gasteiger partial charge on any atom is -0.325 e. The summed E-state index contributed by atoms with van der Waals surface area (Å²) in [5, 5.41) is 0.769. The molecule has 0 amide bonds. The zero-order chi connectivity index (χ0) is 20.3. The molecule has 1 aromatic carbocycles. The van der Waals surface area contributed by atoms with Crippen LogP contribution in [0.4, 0.5) is 0 Å². The fourth-order valence-corrected chi connectivity index (χ4v) is 3.79. The van der Waals surface area contributed by atoms with Crippen LogP contribution in [0.5, 0.6) is 0 Å². The maximum absolute atomic E-state index is 13.1. The Hall–Kier alpha value is -2.36. The second-order valence-electron chi connectivity index (χ2n) is 9.10. The second kappa shape index (κ2) is 8.34. The van der Waals surface area contributed by atoms with E-state index in [9.17, 15) is 4.79 Å². The van der Waals surface area contributed by atoms with Crippen molar-refractivity contribution in [2.24, 2.45) is 5.41 Å². The quantitative estimate of drug-likeness (QED) is 0.511. The number of nitrogens with zero attached hydrogens (tertiary/aromatic N) is 3. The third-order valence-electron chi connectivity index (χ3n) is 5.61. The van der Waals surface area contributed by atoms with Crippen molar-refractivity contribution in [3.05, 3.63) is 63.8 Å². The van der Waals surface area contributed by atoms with Crippen LogP contribution in [0.1, 0.15) is 63.3 Å². The summed E-state index contributed by atoms with van der Waals surface area (Å²) in [6.07, 6.45) is 6.33. The van der Waals surface area contributed by atoms with Crippen molar-refractivity contribution in [2.75, 3.05) is 0 Å². The fourth-order valence-electron chi connectivity index (χ4n) is 3.79. The molecule has 0 bridgehead atoms. The largest absolute Gasteiger partial charge is 0.325 e. The molecule has 2 aromatic heterocycles. The van der Waals surface area contributed by atoms with Gasteiger partial charge in [-0.15, -0.1) is 0 Å². The van der Waals surface area contributed by atoms with Gasteiger partial charge in [0.2, 0.25) is 0 Å². The molecule has 4 heteroatoms. The number of aromatic nitrogens is 3. The van der Waals surface area contributed by atoms with E-state index in [1.165, 1.54) is 18.4 Å². The SMILES string of the molecule is Cc1c(C)n(Cc2ccccc2)c2ncn(CCCCCC(C)(C)C)c(=O)c12. The Kier molecular flexibility index (Phi) is 6.07. The molecule has 0 saturated heterocycles. The molecule has 0 aliphatic carbocycles. The first kappa shape index (κ1) is 20.4.